The van der Waals surface area contributed by atoms with E-state index < -0.39 is 5.82 Å². The zero-order valence-electron chi connectivity index (χ0n) is 11.2. The van der Waals surface area contributed by atoms with Crippen LogP contribution in [0.15, 0.2) is 12.4 Å². The number of aryl methyl sites for hydroxylation is 2. The van der Waals surface area contributed by atoms with Crippen molar-refractivity contribution in [3.63, 3.8) is 0 Å². The summed E-state index contributed by atoms with van der Waals surface area (Å²) in [7, 11) is 1.85. The van der Waals surface area contributed by atoms with E-state index in [4.69, 9.17) is 0 Å². The van der Waals surface area contributed by atoms with E-state index in [0.717, 1.165) is 17.5 Å². The van der Waals surface area contributed by atoms with Crippen molar-refractivity contribution in [3.8, 4) is 0 Å². The van der Waals surface area contributed by atoms with E-state index in [1.165, 1.54) is 0 Å². The molecule has 2 rings (SSSR count). The van der Waals surface area contributed by atoms with Crippen LogP contribution >= 0.6 is 0 Å². The van der Waals surface area contributed by atoms with Crippen LogP contribution in [-0.4, -0.2) is 26.3 Å². The molecule has 2 aromatic rings. The Morgan fingerprint density at radius 2 is 2.16 bits per heavy atom. The van der Waals surface area contributed by atoms with Crippen LogP contribution in [-0.2, 0) is 13.6 Å². The van der Waals surface area contributed by atoms with Gasteiger partial charge in [-0.05, 0) is 13.8 Å². The average Bonchev–Trinajstić information content (AvgIpc) is 2.69. The second-order valence-corrected chi connectivity index (χ2v) is 4.19. The Balaban J connectivity index is 2.10. The Labute approximate surface area is 111 Å². The SMILES string of the molecule is CCNc1ncc(F)c(NCc2cn(C)nc2C)n1. The summed E-state index contributed by atoms with van der Waals surface area (Å²) in [6.07, 6.45) is 3.05. The van der Waals surface area contributed by atoms with Gasteiger partial charge >= 0.3 is 0 Å². The third-order valence-corrected chi connectivity index (χ3v) is 2.64. The standard InChI is InChI=1S/C12H17FN6/c1-4-14-12-16-6-10(13)11(17-12)15-5-9-7-19(3)18-8(9)2/h6-7H,4-5H2,1-3H3,(H2,14,15,16,17). The number of anilines is 2. The molecule has 6 nitrogen and oxygen atoms in total. The van der Waals surface area contributed by atoms with E-state index in [1.54, 1.807) is 4.68 Å². The highest BCUT2D eigenvalue weighted by atomic mass is 19.1. The molecule has 0 aliphatic carbocycles. The molecule has 0 amide bonds. The molecular weight excluding hydrogens is 247 g/mol. The van der Waals surface area contributed by atoms with Gasteiger partial charge in [0, 0.05) is 31.9 Å². The van der Waals surface area contributed by atoms with Gasteiger partial charge in [-0.2, -0.15) is 10.1 Å². The number of hydrogen-bond donors (Lipinski definition) is 2. The molecule has 2 N–H and O–H groups in total. The largest absolute Gasteiger partial charge is 0.363 e. The monoisotopic (exact) mass is 264 g/mol. The van der Waals surface area contributed by atoms with E-state index in [-0.39, 0.29) is 5.82 Å². The molecule has 7 heteroatoms. The lowest BCUT2D eigenvalue weighted by Crippen LogP contribution is -2.08. The van der Waals surface area contributed by atoms with Crippen molar-refractivity contribution in [1.29, 1.82) is 0 Å². The zero-order chi connectivity index (χ0) is 13.8. The lowest BCUT2D eigenvalue weighted by atomic mass is 10.2. The minimum Gasteiger partial charge on any atom is -0.363 e. The van der Waals surface area contributed by atoms with Crippen LogP contribution in [0.3, 0.4) is 0 Å². The molecule has 0 bridgehead atoms. The van der Waals surface area contributed by atoms with Gasteiger partial charge in [-0.15, -0.1) is 0 Å². The summed E-state index contributed by atoms with van der Waals surface area (Å²) in [5, 5.41) is 10.1. The average molecular weight is 264 g/mol. The summed E-state index contributed by atoms with van der Waals surface area (Å²) in [5.41, 5.74) is 1.92. The Kier molecular flexibility index (Phi) is 3.94. The van der Waals surface area contributed by atoms with E-state index in [2.05, 4.69) is 25.7 Å². The lowest BCUT2D eigenvalue weighted by molar-refractivity contribution is 0.617. The van der Waals surface area contributed by atoms with Crippen molar-refractivity contribution in [2.75, 3.05) is 17.2 Å². The summed E-state index contributed by atoms with van der Waals surface area (Å²) in [6, 6.07) is 0. The van der Waals surface area contributed by atoms with Gasteiger partial charge in [-0.25, -0.2) is 9.37 Å². The maximum atomic E-state index is 13.6. The molecule has 0 aliphatic heterocycles. The fraction of sp³-hybridized carbons (Fsp3) is 0.417. The first kappa shape index (κ1) is 13.3. The summed E-state index contributed by atoms with van der Waals surface area (Å²) in [5.74, 6) is 0.131. The molecule has 0 radical (unpaired) electrons. The van der Waals surface area contributed by atoms with Gasteiger partial charge in [0.1, 0.15) is 0 Å². The van der Waals surface area contributed by atoms with E-state index in [9.17, 15) is 4.39 Å². The Morgan fingerprint density at radius 3 is 2.79 bits per heavy atom. The quantitative estimate of drug-likeness (QED) is 0.860. The number of nitrogens with zero attached hydrogens (tertiary/aromatic N) is 4. The second kappa shape index (κ2) is 5.64. The van der Waals surface area contributed by atoms with Crippen LogP contribution in [0.5, 0.6) is 0 Å². The first-order valence-electron chi connectivity index (χ1n) is 6.09. The molecule has 2 aromatic heterocycles. The van der Waals surface area contributed by atoms with Crippen LogP contribution in [0.4, 0.5) is 16.2 Å². The number of rotatable bonds is 5. The Morgan fingerprint density at radius 1 is 1.37 bits per heavy atom. The minimum absolute atomic E-state index is 0.189. The first-order chi connectivity index (χ1) is 9.10. The van der Waals surface area contributed by atoms with E-state index >= 15 is 0 Å². The molecular formula is C12H17FN6. The van der Waals surface area contributed by atoms with Crippen LogP contribution in [0.1, 0.15) is 18.2 Å². The van der Waals surface area contributed by atoms with Gasteiger partial charge in [0.25, 0.3) is 0 Å². The molecule has 102 valence electrons. The summed E-state index contributed by atoms with van der Waals surface area (Å²) in [4.78, 5) is 7.93. The number of nitrogens with one attached hydrogen (secondary N) is 2. The number of aromatic nitrogens is 4. The van der Waals surface area contributed by atoms with Gasteiger partial charge in [-0.1, -0.05) is 0 Å². The fourth-order valence-corrected chi connectivity index (χ4v) is 1.74. The molecule has 0 unspecified atom stereocenters. The predicted molar refractivity (Wildman–Crippen MR) is 71.4 cm³/mol. The van der Waals surface area contributed by atoms with Crippen LogP contribution in [0.25, 0.3) is 0 Å². The molecule has 0 aliphatic rings. The molecule has 0 atom stereocenters. The van der Waals surface area contributed by atoms with Crippen LogP contribution < -0.4 is 10.6 Å². The van der Waals surface area contributed by atoms with E-state index in [1.807, 2.05) is 27.1 Å². The van der Waals surface area contributed by atoms with Gasteiger partial charge in [-0.3, -0.25) is 4.68 Å². The molecule has 19 heavy (non-hydrogen) atoms. The molecule has 0 fully saturated rings. The fourth-order valence-electron chi connectivity index (χ4n) is 1.74. The molecule has 0 saturated heterocycles. The second-order valence-electron chi connectivity index (χ2n) is 4.19. The summed E-state index contributed by atoms with van der Waals surface area (Å²) >= 11 is 0. The maximum Gasteiger partial charge on any atom is 0.224 e. The highest BCUT2D eigenvalue weighted by Gasteiger charge is 2.08. The molecule has 2 heterocycles. The topological polar surface area (TPSA) is 67.7 Å². The first-order valence-corrected chi connectivity index (χ1v) is 6.09. The highest BCUT2D eigenvalue weighted by Crippen LogP contribution is 2.14. The third-order valence-electron chi connectivity index (χ3n) is 2.64. The van der Waals surface area contributed by atoms with Gasteiger partial charge in [0.15, 0.2) is 11.6 Å². The maximum absolute atomic E-state index is 13.6. The Bertz CT molecular complexity index is 565. The zero-order valence-corrected chi connectivity index (χ0v) is 11.2. The smallest absolute Gasteiger partial charge is 0.224 e. The van der Waals surface area contributed by atoms with Crippen molar-refractivity contribution in [3.05, 3.63) is 29.5 Å². The molecule has 0 spiro atoms. The van der Waals surface area contributed by atoms with Crippen LogP contribution in [0.2, 0.25) is 0 Å². The number of hydrogen-bond acceptors (Lipinski definition) is 5. The predicted octanol–water partition coefficient (Wildman–Crippen LogP) is 1.70. The van der Waals surface area contributed by atoms with E-state index in [0.29, 0.717) is 19.0 Å². The Hall–Kier alpha value is -2.18. The highest BCUT2D eigenvalue weighted by molar-refractivity contribution is 5.41. The lowest BCUT2D eigenvalue weighted by Gasteiger charge is -2.08. The van der Waals surface area contributed by atoms with Crippen molar-refractivity contribution < 1.29 is 4.39 Å². The third kappa shape index (κ3) is 3.18. The van der Waals surface area contributed by atoms with Crippen LogP contribution in [0, 0.1) is 12.7 Å². The molecule has 0 aromatic carbocycles. The van der Waals surface area contributed by atoms with Crippen molar-refractivity contribution in [2.45, 2.75) is 20.4 Å². The van der Waals surface area contributed by atoms with Crippen molar-refractivity contribution in [2.24, 2.45) is 7.05 Å². The number of halogens is 1. The normalized spacial score (nSPS) is 10.5. The van der Waals surface area contributed by atoms with Gasteiger partial charge in [0.05, 0.1) is 11.9 Å². The van der Waals surface area contributed by atoms with Gasteiger partial charge < -0.3 is 10.6 Å². The minimum atomic E-state index is -0.469. The van der Waals surface area contributed by atoms with Crippen molar-refractivity contribution in [1.82, 2.24) is 19.7 Å². The summed E-state index contributed by atoms with van der Waals surface area (Å²) < 4.78 is 15.3. The van der Waals surface area contributed by atoms with Gasteiger partial charge in [0.2, 0.25) is 5.95 Å². The van der Waals surface area contributed by atoms with Crippen molar-refractivity contribution >= 4 is 11.8 Å². The summed E-state index contributed by atoms with van der Waals surface area (Å²) in [6.45, 7) is 5.00. The molecule has 0 saturated carbocycles.